The van der Waals surface area contributed by atoms with Gasteiger partial charge in [-0.25, -0.2) is 8.78 Å². The Kier molecular flexibility index (Phi) is 4.98. The van der Waals surface area contributed by atoms with Crippen LogP contribution in [0.5, 0.6) is 0 Å². The van der Waals surface area contributed by atoms with Crippen molar-refractivity contribution in [1.29, 1.82) is 0 Å². The van der Waals surface area contributed by atoms with Crippen molar-refractivity contribution in [2.75, 3.05) is 0 Å². The highest BCUT2D eigenvalue weighted by atomic mass is 19.1. The second-order valence-corrected chi connectivity index (χ2v) is 4.80. The summed E-state index contributed by atoms with van der Waals surface area (Å²) < 4.78 is 26.3. The van der Waals surface area contributed by atoms with Crippen molar-refractivity contribution < 1.29 is 13.6 Å². The molecule has 1 atom stereocenters. The van der Waals surface area contributed by atoms with Gasteiger partial charge < -0.3 is 5.32 Å². The van der Waals surface area contributed by atoms with Crippen LogP contribution in [0.4, 0.5) is 8.78 Å². The highest BCUT2D eigenvalue weighted by Crippen LogP contribution is 2.15. The second kappa shape index (κ2) is 6.92. The van der Waals surface area contributed by atoms with Gasteiger partial charge >= 0.3 is 0 Å². The van der Waals surface area contributed by atoms with E-state index in [1.807, 2.05) is 30.3 Å². The molecular weight excluding hydrogens is 274 g/mol. The zero-order valence-corrected chi connectivity index (χ0v) is 11.6. The van der Waals surface area contributed by atoms with E-state index in [9.17, 15) is 13.6 Å². The van der Waals surface area contributed by atoms with E-state index in [1.54, 1.807) is 6.92 Å². The van der Waals surface area contributed by atoms with Gasteiger partial charge in [0.1, 0.15) is 11.6 Å². The van der Waals surface area contributed by atoms with E-state index in [0.29, 0.717) is 12.8 Å². The molecule has 0 radical (unpaired) electrons. The Balaban J connectivity index is 1.90. The van der Waals surface area contributed by atoms with Gasteiger partial charge in [0.15, 0.2) is 0 Å². The Morgan fingerprint density at radius 1 is 1.29 bits per heavy atom. The number of hydrogen-bond donors (Lipinski definition) is 1. The minimum atomic E-state index is -0.758. The third kappa shape index (κ3) is 4.34. The maximum Gasteiger partial charge on any atom is 0.220 e. The molecule has 0 saturated heterocycles. The molecule has 1 aromatic carbocycles. The van der Waals surface area contributed by atoms with Gasteiger partial charge in [-0.2, -0.15) is 0 Å². The van der Waals surface area contributed by atoms with Gasteiger partial charge in [-0.1, -0.05) is 30.3 Å². The van der Waals surface area contributed by atoms with Crippen LogP contribution in [-0.4, -0.2) is 10.9 Å². The number of nitrogens with zero attached hydrogens (tertiary/aromatic N) is 1. The Morgan fingerprint density at radius 3 is 2.67 bits per heavy atom. The highest BCUT2D eigenvalue weighted by molar-refractivity contribution is 5.76. The molecular formula is C16H16F2N2O. The Morgan fingerprint density at radius 2 is 2.00 bits per heavy atom. The number of hydrogen-bond acceptors (Lipinski definition) is 2. The lowest BCUT2D eigenvalue weighted by Crippen LogP contribution is -2.28. The number of carbonyl (C=O) groups is 1. The molecule has 110 valence electrons. The van der Waals surface area contributed by atoms with Gasteiger partial charge in [0.05, 0.1) is 17.9 Å². The molecule has 0 aliphatic heterocycles. The van der Waals surface area contributed by atoms with Gasteiger partial charge in [-0.15, -0.1) is 0 Å². The van der Waals surface area contributed by atoms with Crippen molar-refractivity contribution >= 4 is 5.91 Å². The quantitative estimate of drug-likeness (QED) is 0.919. The van der Waals surface area contributed by atoms with Gasteiger partial charge in [0.2, 0.25) is 5.91 Å². The molecule has 1 aromatic heterocycles. The molecule has 21 heavy (non-hydrogen) atoms. The van der Waals surface area contributed by atoms with Crippen LogP contribution >= 0.6 is 0 Å². The number of rotatable bonds is 5. The first kappa shape index (κ1) is 15.1. The van der Waals surface area contributed by atoms with E-state index in [0.717, 1.165) is 17.8 Å². The summed E-state index contributed by atoms with van der Waals surface area (Å²) in [6, 6.07) is 9.77. The lowest BCUT2D eigenvalue weighted by Gasteiger charge is -2.14. The summed E-state index contributed by atoms with van der Waals surface area (Å²) in [4.78, 5) is 15.5. The van der Waals surface area contributed by atoms with Crippen molar-refractivity contribution in [1.82, 2.24) is 10.3 Å². The molecule has 3 nitrogen and oxygen atoms in total. The van der Waals surface area contributed by atoms with Crippen molar-refractivity contribution in [3.05, 3.63) is 65.5 Å². The fourth-order valence-corrected chi connectivity index (χ4v) is 2.03. The number of aryl methyl sites for hydroxylation is 1. The fourth-order valence-electron chi connectivity index (χ4n) is 2.03. The molecule has 0 spiro atoms. The van der Waals surface area contributed by atoms with Gasteiger partial charge in [0, 0.05) is 12.5 Å². The monoisotopic (exact) mass is 290 g/mol. The Bertz CT molecular complexity index is 617. The van der Waals surface area contributed by atoms with E-state index < -0.39 is 17.7 Å². The van der Waals surface area contributed by atoms with Crippen LogP contribution in [0.25, 0.3) is 0 Å². The van der Waals surface area contributed by atoms with Crippen LogP contribution in [0.1, 0.15) is 30.6 Å². The van der Waals surface area contributed by atoms with Gasteiger partial charge in [-0.3, -0.25) is 9.78 Å². The third-order valence-electron chi connectivity index (χ3n) is 3.11. The van der Waals surface area contributed by atoms with Crippen LogP contribution in [-0.2, 0) is 11.2 Å². The maximum absolute atomic E-state index is 13.5. The predicted molar refractivity (Wildman–Crippen MR) is 75.5 cm³/mol. The summed E-state index contributed by atoms with van der Waals surface area (Å²) >= 11 is 0. The zero-order chi connectivity index (χ0) is 15.2. The minimum Gasteiger partial charge on any atom is -0.348 e. The Hall–Kier alpha value is -2.30. The smallest absolute Gasteiger partial charge is 0.220 e. The number of halogens is 2. The lowest BCUT2D eigenvalue weighted by atomic mass is 10.1. The van der Waals surface area contributed by atoms with Crippen molar-refractivity contribution in [2.45, 2.75) is 25.8 Å². The van der Waals surface area contributed by atoms with Gasteiger partial charge in [-0.05, 0) is 18.9 Å². The first-order chi connectivity index (χ1) is 10.1. The molecule has 1 amide bonds. The average Bonchev–Trinajstić information content (AvgIpc) is 2.46. The summed E-state index contributed by atoms with van der Waals surface area (Å²) in [6.07, 6.45) is 1.85. The average molecular weight is 290 g/mol. The summed E-state index contributed by atoms with van der Waals surface area (Å²) in [5.74, 6) is -1.69. The molecule has 0 saturated carbocycles. The third-order valence-corrected chi connectivity index (χ3v) is 3.11. The summed E-state index contributed by atoms with van der Waals surface area (Å²) in [5, 5.41) is 2.66. The van der Waals surface area contributed by atoms with E-state index in [1.165, 1.54) is 0 Å². The molecule has 5 heteroatoms. The predicted octanol–water partition coefficient (Wildman–Crippen LogP) is 3.17. The molecule has 0 unspecified atom stereocenters. The van der Waals surface area contributed by atoms with E-state index in [4.69, 9.17) is 0 Å². The normalized spacial score (nSPS) is 12.0. The minimum absolute atomic E-state index is 0.0319. The maximum atomic E-state index is 13.5. The van der Waals surface area contributed by atoms with Crippen molar-refractivity contribution in [2.24, 2.45) is 0 Å². The molecule has 1 heterocycles. The van der Waals surface area contributed by atoms with E-state index in [2.05, 4.69) is 10.3 Å². The number of benzene rings is 1. The number of carbonyl (C=O) groups excluding carboxylic acids is 1. The lowest BCUT2D eigenvalue weighted by molar-refractivity contribution is -0.121. The fraction of sp³-hybridized carbons (Fsp3) is 0.250. The van der Waals surface area contributed by atoms with Crippen molar-refractivity contribution in [3.8, 4) is 0 Å². The Labute approximate surface area is 122 Å². The number of pyridine rings is 1. The molecule has 0 fully saturated rings. The molecule has 0 bridgehead atoms. The molecule has 2 aromatic rings. The van der Waals surface area contributed by atoms with Crippen LogP contribution in [0.3, 0.4) is 0 Å². The largest absolute Gasteiger partial charge is 0.348 e. The molecule has 0 aliphatic carbocycles. The standard InChI is InChI=1S/C16H16F2N2O/c1-11(16-14(18)9-13(17)10-19-16)20-15(21)8-7-12-5-3-2-4-6-12/h2-6,9-11H,7-8H2,1H3,(H,20,21)/t11-/m1/s1. The van der Waals surface area contributed by atoms with E-state index >= 15 is 0 Å². The molecule has 2 rings (SSSR count). The summed E-state index contributed by atoms with van der Waals surface area (Å²) in [6.45, 7) is 1.61. The summed E-state index contributed by atoms with van der Waals surface area (Å²) in [5.41, 5.74) is 1.09. The van der Waals surface area contributed by atoms with Crippen LogP contribution < -0.4 is 5.32 Å². The number of amides is 1. The number of aromatic nitrogens is 1. The first-order valence-corrected chi connectivity index (χ1v) is 6.70. The topological polar surface area (TPSA) is 42.0 Å². The van der Waals surface area contributed by atoms with Crippen molar-refractivity contribution in [3.63, 3.8) is 0 Å². The molecule has 1 N–H and O–H groups in total. The second-order valence-electron chi connectivity index (χ2n) is 4.80. The highest BCUT2D eigenvalue weighted by Gasteiger charge is 2.15. The van der Waals surface area contributed by atoms with E-state index in [-0.39, 0.29) is 11.6 Å². The SMILES string of the molecule is C[C@@H](NC(=O)CCc1ccccc1)c1ncc(F)cc1F. The summed E-state index contributed by atoms with van der Waals surface area (Å²) in [7, 11) is 0. The van der Waals surface area contributed by atoms with Crippen LogP contribution in [0, 0.1) is 11.6 Å². The zero-order valence-electron chi connectivity index (χ0n) is 11.6. The van der Waals surface area contributed by atoms with Crippen LogP contribution in [0.2, 0.25) is 0 Å². The van der Waals surface area contributed by atoms with Gasteiger partial charge in [0.25, 0.3) is 0 Å². The first-order valence-electron chi connectivity index (χ1n) is 6.70. The number of nitrogens with one attached hydrogen (secondary N) is 1. The van der Waals surface area contributed by atoms with Crippen LogP contribution in [0.15, 0.2) is 42.6 Å². The molecule has 0 aliphatic rings.